The Labute approximate surface area is 174 Å². The van der Waals surface area contributed by atoms with Gasteiger partial charge in [0.05, 0.1) is 5.56 Å². The van der Waals surface area contributed by atoms with Crippen molar-refractivity contribution in [2.45, 2.75) is 45.6 Å². The van der Waals surface area contributed by atoms with Gasteiger partial charge in [0.25, 0.3) is 5.91 Å². The number of hydrogen-bond donors (Lipinski definition) is 0. The summed E-state index contributed by atoms with van der Waals surface area (Å²) in [5.74, 6) is 0.424. The van der Waals surface area contributed by atoms with Gasteiger partial charge in [-0.25, -0.2) is 4.39 Å². The van der Waals surface area contributed by atoms with E-state index in [9.17, 15) is 9.18 Å². The van der Waals surface area contributed by atoms with Crippen LogP contribution in [-0.2, 0) is 12.0 Å². The number of halogens is 1. The number of amides is 1. The lowest BCUT2D eigenvalue weighted by atomic mass is 9.97. The molecule has 0 radical (unpaired) electrons. The lowest BCUT2D eigenvalue weighted by molar-refractivity contribution is 0.0730. The van der Waals surface area contributed by atoms with Crippen molar-refractivity contribution in [2.75, 3.05) is 33.2 Å². The molecule has 2 heterocycles. The minimum atomic E-state index is -0.117. The molecule has 0 spiro atoms. The molecular formula is C24H34FN3O. The summed E-state index contributed by atoms with van der Waals surface area (Å²) in [5.41, 5.74) is 1.50. The van der Waals surface area contributed by atoms with E-state index < -0.39 is 0 Å². The molecule has 158 valence electrons. The largest absolute Gasteiger partial charge is 0.348 e. The van der Waals surface area contributed by atoms with E-state index in [1.54, 1.807) is 6.07 Å². The van der Waals surface area contributed by atoms with Crippen molar-refractivity contribution >= 4 is 5.91 Å². The second-order valence-corrected chi connectivity index (χ2v) is 9.31. The lowest BCUT2D eigenvalue weighted by Gasteiger charge is -2.34. The van der Waals surface area contributed by atoms with Crippen LogP contribution in [0.5, 0.6) is 0 Å². The lowest BCUT2D eigenvalue weighted by Crippen LogP contribution is -2.42. The normalized spacial score (nSPS) is 18.0. The standard InChI is InChI=1S/C24H34FN3O/c1-24(2,3)28-15-12-21(18-28)23(29)26(4)16-19-8-7-13-27(17-19)14-11-20-9-5-6-10-22(20)25/h5-6,9-10,12,15,18-19H,7-8,11,13-14,16-17H2,1-4H3/t19-/m0/s1. The highest BCUT2D eigenvalue weighted by Crippen LogP contribution is 2.20. The fraction of sp³-hybridized carbons (Fsp3) is 0.542. The van der Waals surface area contributed by atoms with Crippen molar-refractivity contribution in [2.24, 2.45) is 5.92 Å². The minimum absolute atomic E-state index is 0.0286. The monoisotopic (exact) mass is 399 g/mol. The van der Waals surface area contributed by atoms with Gasteiger partial charge in [0.2, 0.25) is 0 Å². The Hall–Kier alpha value is -2.14. The Balaban J connectivity index is 1.52. The molecule has 1 saturated heterocycles. The molecule has 4 nitrogen and oxygen atoms in total. The van der Waals surface area contributed by atoms with Gasteiger partial charge in [0.1, 0.15) is 5.82 Å². The van der Waals surface area contributed by atoms with Crippen molar-refractivity contribution in [3.63, 3.8) is 0 Å². The summed E-state index contributed by atoms with van der Waals surface area (Å²) in [6.07, 6.45) is 6.92. The molecule has 1 atom stereocenters. The predicted molar refractivity (Wildman–Crippen MR) is 116 cm³/mol. The number of carbonyl (C=O) groups excluding carboxylic acids is 1. The van der Waals surface area contributed by atoms with Gasteiger partial charge in [-0.05, 0) is 70.2 Å². The Morgan fingerprint density at radius 1 is 1.24 bits per heavy atom. The molecule has 0 saturated carbocycles. The van der Waals surface area contributed by atoms with E-state index in [1.165, 1.54) is 6.07 Å². The molecule has 0 bridgehead atoms. The van der Waals surface area contributed by atoms with E-state index in [1.807, 2.05) is 42.5 Å². The van der Waals surface area contributed by atoms with Crippen molar-refractivity contribution in [3.05, 3.63) is 59.7 Å². The average Bonchev–Trinajstić information content (AvgIpc) is 3.18. The summed E-state index contributed by atoms with van der Waals surface area (Å²) < 4.78 is 15.9. The third-order valence-electron chi connectivity index (χ3n) is 5.85. The molecule has 1 amide bonds. The van der Waals surface area contributed by atoms with Crippen molar-refractivity contribution in [1.29, 1.82) is 0 Å². The van der Waals surface area contributed by atoms with E-state index in [-0.39, 0.29) is 17.3 Å². The van der Waals surface area contributed by atoms with Gasteiger partial charge in [-0.1, -0.05) is 18.2 Å². The molecule has 1 aromatic heterocycles. The molecule has 5 heteroatoms. The molecule has 2 aromatic rings. The van der Waals surface area contributed by atoms with Gasteiger partial charge in [-0.3, -0.25) is 4.79 Å². The zero-order chi connectivity index (χ0) is 21.0. The second-order valence-electron chi connectivity index (χ2n) is 9.31. The highest BCUT2D eigenvalue weighted by atomic mass is 19.1. The summed E-state index contributed by atoms with van der Waals surface area (Å²) in [4.78, 5) is 17.1. The maximum absolute atomic E-state index is 13.9. The third-order valence-corrected chi connectivity index (χ3v) is 5.85. The molecule has 0 aliphatic carbocycles. The molecule has 3 rings (SSSR count). The van der Waals surface area contributed by atoms with Crippen LogP contribution in [0.1, 0.15) is 49.5 Å². The van der Waals surface area contributed by atoms with Gasteiger partial charge in [0.15, 0.2) is 0 Å². The SMILES string of the molecule is CN(C[C@@H]1CCCN(CCc2ccccc2F)C1)C(=O)c1ccn(C(C)(C)C)c1. The van der Waals surface area contributed by atoms with Gasteiger partial charge in [-0.15, -0.1) is 0 Å². The summed E-state index contributed by atoms with van der Waals surface area (Å²) in [5, 5.41) is 0. The van der Waals surface area contributed by atoms with Crippen LogP contribution in [0.3, 0.4) is 0 Å². The number of nitrogens with zero attached hydrogens (tertiary/aromatic N) is 3. The van der Waals surface area contributed by atoms with Crippen molar-refractivity contribution in [3.8, 4) is 0 Å². The quantitative estimate of drug-likeness (QED) is 0.720. The summed E-state index contributed by atoms with van der Waals surface area (Å²) in [7, 11) is 1.90. The fourth-order valence-corrected chi connectivity index (χ4v) is 4.11. The molecule has 1 aromatic carbocycles. The van der Waals surface area contributed by atoms with Crippen LogP contribution >= 0.6 is 0 Å². The van der Waals surface area contributed by atoms with Gasteiger partial charge < -0.3 is 14.4 Å². The molecule has 1 fully saturated rings. The Kier molecular flexibility index (Phi) is 6.78. The van der Waals surface area contributed by atoms with Crippen LogP contribution in [0.2, 0.25) is 0 Å². The Bertz CT molecular complexity index is 824. The van der Waals surface area contributed by atoms with Crippen LogP contribution in [0.25, 0.3) is 0 Å². The summed E-state index contributed by atoms with van der Waals surface area (Å²) >= 11 is 0. The van der Waals surface area contributed by atoms with Gasteiger partial charge in [-0.2, -0.15) is 0 Å². The zero-order valence-electron chi connectivity index (χ0n) is 18.2. The van der Waals surface area contributed by atoms with Gasteiger partial charge in [0, 0.05) is 44.6 Å². The van der Waals surface area contributed by atoms with Crippen molar-refractivity contribution < 1.29 is 9.18 Å². The van der Waals surface area contributed by atoms with Crippen LogP contribution < -0.4 is 0 Å². The molecule has 0 N–H and O–H groups in total. The number of aromatic nitrogens is 1. The van der Waals surface area contributed by atoms with E-state index in [0.717, 1.165) is 56.6 Å². The van der Waals surface area contributed by atoms with E-state index in [4.69, 9.17) is 0 Å². The topological polar surface area (TPSA) is 28.5 Å². The van der Waals surface area contributed by atoms with E-state index in [2.05, 4.69) is 30.2 Å². The zero-order valence-corrected chi connectivity index (χ0v) is 18.2. The molecule has 0 unspecified atom stereocenters. The second kappa shape index (κ2) is 9.12. The number of likely N-dealkylation sites (tertiary alicyclic amines) is 1. The first-order chi connectivity index (χ1) is 13.7. The van der Waals surface area contributed by atoms with Crippen LogP contribution in [0.4, 0.5) is 4.39 Å². The minimum Gasteiger partial charge on any atom is -0.348 e. The fourth-order valence-electron chi connectivity index (χ4n) is 4.11. The maximum Gasteiger partial charge on any atom is 0.255 e. The third kappa shape index (κ3) is 5.69. The Morgan fingerprint density at radius 3 is 2.69 bits per heavy atom. The first-order valence-corrected chi connectivity index (χ1v) is 10.6. The first kappa shape index (κ1) is 21.6. The van der Waals surface area contributed by atoms with Crippen LogP contribution in [0.15, 0.2) is 42.7 Å². The number of piperidine rings is 1. The molecule has 1 aliphatic rings. The summed E-state index contributed by atoms with van der Waals surface area (Å²) in [6, 6.07) is 8.93. The molecule has 29 heavy (non-hydrogen) atoms. The average molecular weight is 400 g/mol. The first-order valence-electron chi connectivity index (χ1n) is 10.6. The van der Waals surface area contributed by atoms with Crippen LogP contribution in [0, 0.1) is 11.7 Å². The molecular weight excluding hydrogens is 365 g/mol. The summed E-state index contributed by atoms with van der Waals surface area (Å²) in [6.45, 7) is 10.0. The number of carbonyl (C=O) groups is 1. The van der Waals surface area contributed by atoms with E-state index >= 15 is 0 Å². The smallest absolute Gasteiger partial charge is 0.255 e. The highest BCUT2D eigenvalue weighted by molar-refractivity contribution is 5.93. The van der Waals surface area contributed by atoms with Gasteiger partial charge >= 0.3 is 0 Å². The number of benzene rings is 1. The van der Waals surface area contributed by atoms with Crippen LogP contribution in [-0.4, -0.2) is 53.5 Å². The maximum atomic E-state index is 13.9. The van der Waals surface area contributed by atoms with E-state index in [0.29, 0.717) is 5.92 Å². The molecule has 1 aliphatic heterocycles. The highest BCUT2D eigenvalue weighted by Gasteiger charge is 2.24. The van der Waals surface area contributed by atoms with Crippen molar-refractivity contribution in [1.82, 2.24) is 14.4 Å². The predicted octanol–water partition coefficient (Wildman–Crippen LogP) is 4.41. The number of hydrogen-bond acceptors (Lipinski definition) is 2. The number of rotatable bonds is 6. The Morgan fingerprint density at radius 2 is 2.00 bits per heavy atom.